The molecule has 0 fully saturated rings. The van der Waals surface area contributed by atoms with Crippen LogP contribution in [0.2, 0.25) is 5.02 Å². The van der Waals surface area contributed by atoms with Crippen molar-refractivity contribution in [2.45, 2.75) is 31.7 Å². The predicted molar refractivity (Wildman–Crippen MR) is 127 cm³/mol. The van der Waals surface area contributed by atoms with Crippen molar-refractivity contribution in [1.29, 1.82) is 0 Å². The normalized spacial score (nSPS) is 14.6. The van der Waals surface area contributed by atoms with E-state index in [9.17, 15) is 4.79 Å². The van der Waals surface area contributed by atoms with E-state index in [1.807, 2.05) is 31.2 Å². The summed E-state index contributed by atoms with van der Waals surface area (Å²) in [6.45, 7) is 3.80. The Morgan fingerprint density at radius 2 is 1.97 bits per heavy atom. The fraction of sp³-hybridized carbons (Fsp3) is 0.304. The van der Waals surface area contributed by atoms with E-state index >= 15 is 0 Å². The van der Waals surface area contributed by atoms with Gasteiger partial charge in [-0.3, -0.25) is 9.69 Å². The second-order valence-corrected chi connectivity index (χ2v) is 8.68. The van der Waals surface area contributed by atoms with Gasteiger partial charge in [0.05, 0.1) is 25.5 Å². The van der Waals surface area contributed by atoms with Crippen molar-refractivity contribution in [3.8, 4) is 28.6 Å². The number of hydrogen-bond acceptors (Lipinski definition) is 8. The quantitative estimate of drug-likeness (QED) is 0.442. The number of carbonyl (C=O) groups excluding carboxylic acids is 1. The Kier molecular flexibility index (Phi) is 6.90. The van der Waals surface area contributed by atoms with Gasteiger partial charge in [0.15, 0.2) is 17.2 Å². The van der Waals surface area contributed by atoms with Crippen molar-refractivity contribution in [1.82, 2.24) is 15.2 Å². The van der Waals surface area contributed by atoms with Gasteiger partial charge in [0.25, 0.3) is 0 Å². The number of para-hydroxylation sites is 1. The standard InChI is InChI=1S/C23H23ClN4O4S/c1-5-18(29)28-16-10-8-7-9-14(16)19-21(25-23(27-26-19)33-6-2)32-22(28)15-11-13(24)12-17(30-3)20(15)31-4/h7-12,22H,5-6H2,1-4H3/t22-/m1/s1. The third-order valence-electron chi connectivity index (χ3n) is 5.09. The van der Waals surface area contributed by atoms with Crippen molar-refractivity contribution in [3.05, 3.63) is 47.0 Å². The minimum absolute atomic E-state index is 0.155. The van der Waals surface area contributed by atoms with Crippen LogP contribution < -0.4 is 19.1 Å². The van der Waals surface area contributed by atoms with Gasteiger partial charge in [-0.05, 0) is 17.9 Å². The molecule has 1 aromatic heterocycles. The number of ether oxygens (including phenoxy) is 3. The molecule has 10 heteroatoms. The molecule has 0 unspecified atom stereocenters. The van der Waals surface area contributed by atoms with Gasteiger partial charge in [-0.25, -0.2) is 0 Å². The van der Waals surface area contributed by atoms with Crippen LogP contribution in [0.15, 0.2) is 41.6 Å². The van der Waals surface area contributed by atoms with E-state index in [0.29, 0.717) is 44.2 Å². The van der Waals surface area contributed by atoms with Crippen molar-refractivity contribution in [2.24, 2.45) is 0 Å². The van der Waals surface area contributed by atoms with Gasteiger partial charge in [-0.2, -0.15) is 4.98 Å². The summed E-state index contributed by atoms with van der Waals surface area (Å²) in [6, 6.07) is 10.8. The van der Waals surface area contributed by atoms with Crippen molar-refractivity contribution < 1.29 is 19.0 Å². The molecule has 1 aliphatic rings. The van der Waals surface area contributed by atoms with Gasteiger partial charge in [-0.15, -0.1) is 10.2 Å². The first-order valence-electron chi connectivity index (χ1n) is 10.4. The number of thioether (sulfide) groups is 1. The minimum atomic E-state index is -0.932. The Hall–Kier alpha value is -3.04. The Morgan fingerprint density at radius 3 is 2.67 bits per heavy atom. The van der Waals surface area contributed by atoms with Gasteiger partial charge in [0, 0.05) is 23.1 Å². The lowest BCUT2D eigenvalue weighted by molar-refractivity contribution is -0.120. The number of hydrogen-bond donors (Lipinski definition) is 0. The molecule has 1 amide bonds. The number of fused-ring (bicyclic) bond motifs is 3. The van der Waals surface area contributed by atoms with Crippen molar-refractivity contribution in [2.75, 3.05) is 24.9 Å². The zero-order valence-corrected chi connectivity index (χ0v) is 20.2. The number of amides is 1. The lowest BCUT2D eigenvalue weighted by Crippen LogP contribution is -2.37. The maximum atomic E-state index is 13.3. The zero-order chi connectivity index (χ0) is 23.5. The largest absolute Gasteiger partial charge is 0.493 e. The number of carbonyl (C=O) groups is 1. The summed E-state index contributed by atoms with van der Waals surface area (Å²) in [6.07, 6.45) is -0.681. The molecule has 1 atom stereocenters. The first kappa shape index (κ1) is 23.1. The highest BCUT2D eigenvalue weighted by molar-refractivity contribution is 7.99. The molecule has 0 saturated heterocycles. The first-order chi connectivity index (χ1) is 16.0. The topological polar surface area (TPSA) is 86.7 Å². The fourth-order valence-corrected chi connectivity index (χ4v) is 4.41. The van der Waals surface area contributed by atoms with Crippen LogP contribution in [0.3, 0.4) is 0 Å². The average Bonchev–Trinajstić information content (AvgIpc) is 2.97. The van der Waals surface area contributed by atoms with Crippen molar-refractivity contribution >= 4 is 35.0 Å². The molecule has 0 saturated carbocycles. The number of aromatic nitrogens is 3. The van der Waals surface area contributed by atoms with E-state index in [0.717, 1.165) is 5.75 Å². The summed E-state index contributed by atoms with van der Waals surface area (Å²) in [5.41, 5.74) is 2.30. The molecule has 0 radical (unpaired) electrons. The Bertz CT molecular complexity index is 1190. The van der Waals surface area contributed by atoms with Crippen LogP contribution in [0.25, 0.3) is 11.3 Å². The molecule has 3 aromatic rings. The highest BCUT2D eigenvalue weighted by Gasteiger charge is 2.37. The van der Waals surface area contributed by atoms with Crippen LogP contribution in [-0.2, 0) is 4.79 Å². The number of benzene rings is 2. The number of rotatable bonds is 6. The number of anilines is 1. The maximum Gasteiger partial charge on any atom is 0.247 e. The van der Waals surface area contributed by atoms with E-state index in [4.69, 9.17) is 25.8 Å². The molecule has 172 valence electrons. The number of methoxy groups -OCH3 is 2. The highest BCUT2D eigenvalue weighted by atomic mass is 35.5. The van der Waals surface area contributed by atoms with Crippen LogP contribution in [0, 0.1) is 0 Å². The molecule has 0 aliphatic carbocycles. The summed E-state index contributed by atoms with van der Waals surface area (Å²) in [5, 5.41) is 9.54. The maximum absolute atomic E-state index is 13.3. The number of halogens is 1. The molecule has 0 spiro atoms. The Labute approximate surface area is 201 Å². The van der Waals surface area contributed by atoms with Crippen LogP contribution in [-0.4, -0.2) is 41.1 Å². The smallest absolute Gasteiger partial charge is 0.247 e. The first-order valence-corrected chi connectivity index (χ1v) is 11.8. The summed E-state index contributed by atoms with van der Waals surface area (Å²) >= 11 is 7.86. The molecule has 4 rings (SSSR count). The van der Waals surface area contributed by atoms with Crippen LogP contribution in [0.1, 0.15) is 32.1 Å². The molecule has 0 N–H and O–H groups in total. The molecule has 8 nitrogen and oxygen atoms in total. The summed E-state index contributed by atoms with van der Waals surface area (Å²) < 4.78 is 17.6. The van der Waals surface area contributed by atoms with Gasteiger partial charge in [-0.1, -0.05) is 55.4 Å². The third-order valence-corrected chi connectivity index (χ3v) is 6.03. The molecule has 0 bridgehead atoms. The van der Waals surface area contributed by atoms with E-state index < -0.39 is 6.23 Å². The Morgan fingerprint density at radius 1 is 1.18 bits per heavy atom. The molecule has 2 heterocycles. The van der Waals surface area contributed by atoms with Gasteiger partial charge < -0.3 is 14.2 Å². The van der Waals surface area contributed by atoms with E-state index in [-0.39, 0.29) is 18.2 Å². The molecule has 2 aromatic carbocycles. The van der Waals surface area contributed by atoms with Crippen LogP contribution in [0.4, 0.5) is 5.69 Å². The van der Waals surface area contributed by atoms with Crippen LogP contribution in [0.5, 0.6) is 17.4 Å². The average molecular weight is 487 g/mol. The second kappa shape index (κ2) is 9.84. The van der Waals surface area contributed by atoms with Crippen molar-refractivity contribution in [3.63, 3.8) is 0 Å². The SMILES string of the molecule is CCSc1nnc2c(n1)O[C@H](c1cc(Cl)cc(OC)c1OC)N(C(=O)CC)c1ccccc1-2. The minimum Gasteiger partial charge on any atom is -0.493 e. The Balaban J connectivity index is 2.02. The predicted octanol–water partition coefficient (Wildman–Crippen LogP) is 5.16. The van der Waals surface area contributed by atoms with E-state index in [1.54, 1.807) is 24.0 Å². The monoisotopic (exact) mass is 486 g/mol. The van der Waals surface area contributed by atoms with E-state index in [1.165, 1.54) is 26.0 Å². The van der Waals surface area contributed by atoms with Gasteiger partial charge in [0.1, 0.15) is 0 Å². The zero-order valence-electron chi connectivity index (χ0n) is 18.7. The molecular formula is C23H23ClN4O4S. The van der Waals surface area contributed by atoms with Gasteiger partial charge >= 0.3 is 0 Å². The van der Waals surface area contributed by atoms with Crippen LogP contribution >= 0.6 is 23.4 Å². The molecule has 33 heavy (non-hydrogen) atoms. The second-order valence-electron chi connectivity index (χ2n) is 7.02. The summed E-state index contributed by atoms with van der Waals surface area (Å²) in [4.78, 5) is 19.5. The summed E-state index contributed by atoms with van der Waals surface area (Å²) in [5.74, 6) is 1.73. The number of nitrogens with zero attached hydrogens (tertiary/aromatic N) is 4. The lowest BCUT2D eigenvalue weighted by Gasteiger charge is -2.31. The lowest BCUT2D eigenvalue weighted by atomic mass is 10.1. The fourth-order valence-electron chi connectivity index (χ4n) is 3.69. The van der Waals surface area contributed by atoms with E-state index in [2.05, 4.69) is 15.2 Å². The third kappa shape index (κ3) is 4.30. The molecular weight excluding hydrogens is 464 g/mol. The summed E-state index contributed by atoms with van der Waals surface area (Å²) in [7, 11) is 3.05. The van der Waals surface area contributed by atoms with Gasteiger partial charge in [0.2, 0.25) is 23.2 Å². The highest BCUT2D eigenvalue weighted by Crippen LogP contribution is 2.47. The molecule has 1 aliphatic heterocycles.